The predicted octanol–water partition coefficient (Wildman–Crippen LogP) is 1.62. The summed E-state index contributed by atoms with van der Waals surface area (Å²) in [6.45, 7) is 1.99. The van der Waals surface area contributed by atoms with Crippen molar-refractivity contribution in [3.63, 3.8) is 0 Å². The van der Waals surface area contributed by atoms with Crippen LogP contribution in [0.3, 0.4) is 0 Å². The molecule has 0 saturated carbocycles. The van der Waals surface area contributed by atoms with Gasteiger partial charge >= 0.3 is 0 Å². The molecule has 1 amide bonds. The Morgan fingerprint density at radius 3 is 2.86 bits per heavy atom. The van der Waals surface area contributed by atoms with Gasteiger partial charge in [-0.15, -0.1) is 0 Å². The van der Waals surface area contributed by atoms with E-state index in [1.165, 1.54) is 11.1 Å². The van der Waals surface area contributed by atoms with E-state index in [-0.39, 0.29) is 23.8 Å². The Morgan fingerprint density at radius 2 is 2.10 bits per heavy atom. The van der Waals surface area contributed by atoms with Gasteiger partial charge in [-0.2, -0.15) is 0 Å². The molecular weight excluding hydrogens is 266 g/mol. The molecule has 0 radical (unpaired) electrons. The van der Waals surface area contributed by atoms with E-state index in [1.54, 1.807) is 0 Å². The van der Waals surface area contributed by atoms with E-state index in [9.17, 15) is 9.90 Å². The number of amides is 1. The number of rotatable bonds is 4. The number of fused-ring (bicyclic) bond motifs is 1. The second-order valence-corrected chi connectivity index (χ2v) is 6.28. The molecule has 0 bridgehead atoms. The van der Waals surface area contributed by atoms with E-state index in [0.29, 0.717) is 19.8 Å². The summed E-state index contributed by atoms with van der Waals surface area (Å²) in [5, 5.41) is 12.7. The summed E-state index contributed by atoms with van der Waals surface area (Å²) in [5.41, 5.74) is 2.26. The topological polar surface area (TPSA) is 58.6 Å². The van der Waals surface area contributed by atoms with Crippen molar-refractivity contribution in [2.24, 2.45) is 5.41 Å². The Morgan fingerprint density at radius 1 is 1.33 bits per heavy atom. The summed E-state index contributed by atoms with van der Waals surface area (Å²) >= 11 is 0. The van der Waals surface area contributed by atoms with Crippen LogP contribution in [0.1, 0.15) is 36.3 Å². The Bertz CT molecular complexity index is 509. The van der Waals surface area contributed by atoms with E-state index in [4.69, 9.17) is 4.74 Å². The van der Waals surface area contributed by atoms with Crippen molar-refractivity contribution in [2.45, 2.75) is 31.6 Å². The summed E-state index contributed by atoms with van der Waals surface area (Å²) < 4.78 is 5.36. The second kappa shape index (κ2) is 6.16. The van der Waals surface area contributed by atoms with Crippen molar-refractivity contribution in [3.8, 4) is 0 Å². The highest BCUT2D eigenvalue weighted by atomic mass is 16.5. The molecule has 1 aromatic carbocycles. The first-order valence-electron chi connectivity index (χ1n) is 7.78. The van der Waals surface area contributed by atoms with Gasteiger partial charge in [0.15, 0.2) is 0 Å². The van der Waals surface area contributed by atoms with E-state index < -0.39 is 0 Å². The Hall–Kier alpha value is -1.39. The number of carbonyl (C=O) groups excluding carboxylic acids is 1. The van der Waals surface area contributed by atoms with Crippen LogP contribution in [0.4, 0.5) is 0 Å². The number of hydrogen-bond acceptors (Lipinski definition) is 3. The summed E-state index contributed by atoms with van der Waals surface area (Å²) in [4.78, 5) is 12.5. The maximum absolute atomic E-state index is 12.5. The van der Waals surface area contributed by atoms with Crippen LogP contribution >= 0.6 is 0 Å². The number of hydrogen-bond donors (Lipinski definition) is 2. The lowest BCUT2D eigenvalue weighted by molar-refractivity contribution is -0.123. The summed E-state index contributed by atoms with van der Waals surface area (Å²) in [5.74, 6) is 0.0658. The third kappa shape index (κ3) is 2.97. The Labute approximate surface area is 125 Å². The first kappa shape index (κ1) is 14.5. The van der Waals surface area contributed by atoms with Crippen molar-refractivity contribution >= 4 is 5.91 Å². The highest BCUT2D eigenvalue weighted by Crippen LogP contribution is 2.34. The van der Waals surface area contributed by atoms with Crippen molar-refractivity contribution in [1.29, 1.82) is 0 Å². The number of nitrogens with one attached hydrogen (secondary N) is 1. The zero-order chi connectivity index (χ0) is 14.7. The number of benzene rings is 1. The van der Waals surface area contributed by atoms with Crippen LogP contribution in [0.5, 0.6) is 0 Å². The quantitative estimate of drug-likeness (QED) is 0.885. The van der Waals surface area contributed by atoms with Gasteiger partial charge in [-0.1, -0.05) is 24.3 Å². The van der Waals surface area contributed by atoms with Crippen LogP contribution in [-0.4, -0.2) is 37.4 Å². The van der Waals surface area contributed by atoms with E-state index in [2.05, 4.69) is 17.4 Å². The van der Waals surface area contributed by atoms with E-state index in [0.717, 1.165) is 25.7 Å². The van der Waals surface area contributed by atoms with Crippen LogP contribution in [0, 0.1) is 5.41 Å². The van der Waals surface area contributed by atoms with Gasteiger partial charge in [-0.05, 0) is 36.8 Å². The number of aliphatic hydroxyl groups excluding tert-OH is 1. The molecule has 0 aromatic heterocycles. The van der Waals surface area contributed by atoms with Crippen LogP contribution in [0.15, 0.2) is 24.3 Å². The van der Waals surface area contributed by atoms with Gasteiger partial charge in [0.05, 0.1) is 12.5 Å². The first-order chi connectivity index (χ1) is 10.2. The van der Waals surface area contributed by atoms with E-state index >= 15 is 0 Å². The summed E-state index contributed by atoms with van der Waals surface area (Å²) in [6.07, 6.45) is 3.49. The fraction of sp³-hybridized carbons (Fsp3) is 0.588. The highest BCUT2D eigenvalue weighted by molar-refractivity contribution is 5.84. The minimum absolute atomic E-state index is 0.0308. The van der Waals surface area contributed by atoms with Crippen LogP contribution in [0.25, 0.3) is 0 Å². The standard InChI is InChI=1S/C17H23NO3/c19-12-17(7-9-21-10-8-17)11-18-16(20)15-6-5-13-3-1-2-4-14(13)15/h1-4,15,19H,5-12H2,(H,18,20)/t15-/m0/s1. The zero-order valence-electron chi connectivity index (χ0n) is 12.3. The van der Waals surface area contributed by atoms with Crippen LogP contribution in [-0.2, 0) is 16.0 Å². The number of carbonyl (C=O) groups is 1. The molecule has 1 aliphatic heterocycles. The van der Waals surface area contributed by atoms with Gasteiger partial charge in [0.25, 0.3) is 0 Å². The molecule has 3 rings (SSSR count). The number of aliphatic hydroxyl groups is 1. The normalized spacial score (nSPS) is 23.6. The minimum Gasteiger partial charge on any atom is -0.396 e. The lowest BCUT2D eigenvalue weighted by Crippen LogP contribution is -2.44. The molecule has 0 spiro atoms. The predicted molar refractivity (Wildman–Crippen MR) is 80.1 cm³/mol. The van der Waals surface area contributed by atoms with Crippen LogP contribution in [0.2, 0.25) is 0 Å². The highest BCUT2D eigenvalue weighted by Gasteiger charge is 2.34. The Balaban J connectivity index is 1.62. The molecule has 1 aliphatic carbocycles. The Kier molecular flexibility index (Phi) is 4.27. The lowest BCUT2D eigenvalue weighted by Gasteiger charge is -2.35. The average Bonchev–Trinajstić information content (AvgIpc) is 2.98. The monoisotopic (exact) mass is 289 g/mol. The molecule has 1 atom stereocenters. The molecule has 1 saturated heterocycles. The van der Waals surface area contributed by atoms with Crippen molar-refractivity contribution in [2.75, 3.05) is 26.4 Å². The van der Waals surface area contributed by atoms with Crippen LogP contribution < -0.4 is 5.32 Å². The van der Waals surface area contributed by atoms with Gasteiger partial charge in [0, 0.05) is 25.2 Å². The minimum atomic E-state index is -0.202. The van der Waals surface area contributed by atoms with Gasteiger partial charge in [0.2, 0.25) is 5.91 Å². The van der Waals surface area contributed by atoms with Gasteiger partial charge in [-0.25, -0.2) is 0 Å². The third-order valence-electron chi connectivity index (χ3n) is 4.98. The second-order valence-electron chi connectivity index (χ2n) is 6.28. The molecule has 1 heterocycles. The molecule has 21 heavy (non-hydrogen) atoms. The molecule has 1 fully saturated rings. The van der Waals surface area contributed by atoms with Crippen molar-refractivity contribution < 1.29 is 14.6 Å². The van der Waals surface area contributed by atoms with E-state index in [1.807, 2.05) is 12.1 Å². The number of ether oxygens (including phenoxy) is 1. The maximum atomic E-state index is 12.5. The molecular formula is C17H23NO3. The van der Waals surface area contributed by atoms with Gasteiger partial charge < -0.3 is 15.2 Å². The molecule has 2 aliphatic rings. The summed E-state index contributed by atoms with van der Waals surface area (Å²) in [6, 6.07) is 8.19. The SMILES string of the molecule is O=C(NCC1(CO)CCOCC1)[C@H]1CCc2ccccc21. The smallest absolute Gasteiger partial charge is 0.227 e. The molecule has 2 N–H and O–H groups in total. The lowest BCUT2D eigenvalue weighted by atomic mass is 9.81. The third-order valence-corrected chi connectivity index (χ3v) is 4.98. The maximum Gasteiger partial charge on any atom is 0.227 e. The average molecular weight is 289 g/mol. The fourth-order valence-electron chi connectivity index (χ4n) is 3.42. The largest absolute Gasteiger partial charge is 0.396 e. The molecule has 4 heteroatoms. The molecule has 114 valence electrons. The molecule has 1 aromatic rings. The van der Waals surface area contributed by atoms with Gasteiger partial charge in [0.1, 0.15) is 0 Å². The summed E-state index contributed by atoms with van der Waals surface area (Å²) in [7, 11) is 0. The first-order valence-corrected chi connectivity index (χ1v) is 7.78. The molecule has 4 nitrogen and oxygen atoms in total. The van der Waals surface area contributed by atoms with Gasteiger partial charge in [-0.3, -0.25) is 4.79 Å². The molecule has 0 unspecified atom stereocenters. The fourth-order valence-corrected chi connectivity index (χ4v) is 3.42. The van der Waals surface area contributed by atoms with Crippen molar-refractivity contribution in [3.05, 3.63) is 35.4 Å². The van der Waals surface area contributed by atoms with Crippen molar-refractivity contribution in [1.82, 2.24) is 5.32 Å². The zero-order valence-corrected chi connectivity index (χ0v) is 12.3. The number of aryl methyl sites for hydroxylation is 1.